The van der Waals surface area contributed by atoms with Gasteiger partial charge in [0, 0.05) is 36.7 Å². The van der Waals surface area contributed by atoms with Crippen molar-refractivity contribution in [2.45, 2.75) is 52.7 Å². The average Bonchev–Trinajstić information content (AvgIpc) is 2.74. The zero-order valence-corrected chi connectivity index (χ0v) is 16.8. The van der Waals surface area contributed by atoms with Gasteiger partial charge in [0.2, 0.25) is 5.91 Å². The summed E-state index contributed by atoms with van der Waals surface area (Å²) in [6.07, 6.45) is 1.10. The number of benzene rings is 1. The largest absolute Gasteiger partial charge is 0.337 e. The number of hydrogen-bond acceptors (Lipinski definition) is 3. The van der Waals surface area contributed by atoms with Gasteiger partial charge in [-0.3, -0.25) is 14.6 Å². The summed E-state index contributed by atoms with van der Waals surface area (Å²) in [5.41, 5.74) is 1.29. The van der Waals surface area contributed by atoms with Gasteiger partial charge in [-0.1, -0.05) is 23.7 Å². The van der Waals surface area contributed by atoms with Crippen molar-refractivity contribution >= 4 is 17.5 Å². The van der Waals surface area contributed by atoms with Crippen LogP contribution in [0.2, 0.25) is 5.02 Å². The first-order valence-electron chi connectivity index (χ1n) is 9.37. The lowest BCUT2D eigenvalue weighted by atomic mass is 10.2. The molecule has 1 aliphatic rings. The maximum Gasteiger partial charge on any atom is 0.237 e. The molecule has 1 fully saturated rings. The summed E-state index contributed by atoms with van der Waals surface area (Å²) >= 11 is 5.96. The number of amides is 1. The van der Waals surface area contributed by atoms with E-state index in [0.717, 1.165) is 44.2 Å². The number of halogens is 1. The van der Waals surface area contributed by atoms with E-state index in [4.69, 9.17) is 11.6 Å². The van der Waals surface area contributed by atoms with Crippen LogP contribution in [0.15, 0.2) is 24.3 Å². The lowest BCUT2D eigenvalue weighted by Crippen LogP contribution is -2.47. The molecule has 140 valence electrons. The predicted molar refractivity (Wildman–Crippen MR) is 105 cm³/mol. The molecular formula is C20H32ClN3O. The number of hydrogen-bond donors (Lipinski definition) is 0. The van der Waals surface area contributed by atoms with Crippen LogP contribution in [0.1, 0.15) is 39.7 Å². The fourth-order valence-electron chi connectivity index (χ4n) is 3.63. The maximum atomic E-state index is 12.7. The van der Waals surface area contributed by atoms with Crippen molar-refractivity contribution < 1.29 is 4.79 Å². The second kappa shape index (κ2) is 9.56. The van der Waals surface area contributed by atoms with E-state index in [1.54, 1.807) is 0 Å². The van der Waals surface area contributed by atoms with Crippen molar-refractivity contribution in [1.29, 1.82) is 0 Å². The van der Waals surface area contributed by atoms with Gasteiger partial charge in [-0.25, -0.2) is 0 Å². The molecule has 0 aliphatic carbocycles. The van der Waals surface area contributed by atoms with E-state index < -0.39 is 0 Å². The number of carbonyl (C=O) groups is 1. The third-order valence-electron chi connectivity index (χ3n) is 4.76. The highest BCUT2D eigenvalue weighted by Gasteiger charge is 2.23. The minimum absolute atomic E-state index is 0.246. The molecule has 0 spiro atoms. The Morgan fingerprint density at radius 3 is 2.16 bits per heavy atom. The van der Waals surface area contributed by atoms with Crippen LogP contribution in [-0.4, -0.2) is 65.4 Å². The molecule has 0 atom stereocenters. The van der Waals surface area contributed by atoms with Crippen LogP contribution in [-0.2, 0) is 11.3 Å². The van der Waals surface area contributed by atoms with Crippen LogP contribution < -0.4 is 0 Å². The van der Waals surface area contributed by atoms with Gasteiger partial charge in [-0.05, 0) is 64.9 Å². The second-order valence-corrected chi connectivity index (χ2v) is 7.96. The van der Waals surface area contributed by atoms with Crippen molar-refractivity contribution in [3.63, 3.8) is 0 Å². The lowest BCUT2D eigenvalue weighted by molar-refractivity contribution is -0.136. The zero-order valence-electron chi connectivity index (χ0n) is 16.0. The Labute approximate surface area is 157 Å². The van der Waals surface area contributed by atoms with Crippen LogP contribution in [0.5, 0.6) is 0 Å². The quantitative estimate of drug-likeness (QED) is 0.772. The third kappa shape index (κ3) is 6.28. The molecule has 1 aromatic rings. The van der Waals surface area contributed by atoms with E-state index in [1.807, 2.05) is 17.0 Å². The maximum absolute atomic E-state index is 12.7. The van der Waals surface area contributed by atoms with Crippen LogP contribution >= 0.6 is 11.6 Å². The normalized spacial score (nSPS) is 17.1. The molecule has 1 aliphatic heterocycles. The highest BCUT2D eigenvalue weighted by molar-refractivity contribution is 6.30. The molecule has 1 amide bonds. The van der Waals surface area contributed by atoms with Gasteiger partial charge in [0.1, 0.15) is 0 Å². The summed E-state index contributed by atoms with van der Waals surface area (Å²) in [7, 11) is 0. The summed E-state index contributed by atoms with van der Waals surface area (Å²) < 4.78 is 0. The molecule has 0 radical (unpaired) electrons. The standard InChI is InChI=1S/C20H32ClN3O/c1-16(2)24(17(3)4)20(25)15-23-11-5-10-22(12-13-23)14-18-6-8-19(21)9-7-18/h6-9,16-17H,5,10-15H2,1-4H3. The van der Waals surface area contributed by atoms with Gasteiger partial charge in [0.05, 0.1) is 6.54 Å². The molecule has 0 bridgehead atoms. The smallest absolute Gasteiger partial charge is 0.237 e. The minimum atomic E-state index is 0.246. The Morgan fingerprint density at radius 2 is 1.56 bits per heavy atom. The molecule has 5 heteroatoms. The van der Waals surface area contributed by atoms with E-state index in [0.29, 0.717) is 6.54 Å². The molecular weight excluding hydrogens is 334 g/mol. The SMILES string of the molecule is CC(C)N(C(=O)CN1CCCN(Cc2ccc(Cl)cc2)CC1)C(C)C. The summed E-state index contributed by atoms with van der Waals surface area (Å²) in [6.45, 7) is 13.9. The Hall–Kier alpha value is -1.10. The third-order valence-corrected chi connectivity index (χ3v) is 5.01. The van der Waals surface area contributed by atoms with Crippen LogP contribution in [0.4, 0.5) is 0 Å². The van der Waals surface area contributed by atoms with Gasteiger partial charge < -0.3 is 4.90 Å². The molecule has 4 nitrogen and oxygen atoms in total. The van der Waals surface area contributed by atoms with Crippen molar-refractivity contribution in [2.75, 3.05) is 32.7 Å². The van der Waals surface area contributed by atoms with Crippen molar-refractivity contribution in [2.24, 2.45) is 0 Å². The molecule has 0 N–H and O–H groups in total. The van der Waals surface area contributed by atoms with E-state index in [2.05, 4.69) is 49.6 Å². The van der Waals surface area contributed by atoms with Gasteiger partial charge in [0.15, 0.2) is 0 Å². The van der Waals surface area contributed by atoms with E-state index in [9.17, 15) is 4.79 Å². The van der Waals surface area contributed by atoms with Crippen molar-refractivity contribution in [3.05, 3.63) is 34.9 Å². The van der Waals surface area contributed by atoms with E-state index >= 15 is 0 Å². The molecule has 0 unspecified atom stereocenters. The molecule has 2 rings (SSSR count). The van der Waals surface area contributed by atoms with Gasteiger partial charge >= 0.3 is 0 Å². The van der Waals surface area contributed by atoms with Crippen LogP contribution in [0.25, 0.3) is 0 Å². The Kier molecular flexibility index (Phi) is 7.73. The number of nitrogens with zero attached hydrogens (tertiary/aromatic N) is 3. The molecule has 1 heterocycles. The van der Waals surface area contributed by atoms with Gasteiger partial charge in [0.25, 0.3) is 0 Å². The fourth-order valence-corrected chi connectivity index (χ4v) is 3.76. The van der Waals surface area contributed by atoms with E-state index in [1.165, 1.54) is 5.56 Å². The van der Waals surface area contributed by atoms with Crippen molar-refractivity contribution in [3.8, 4) is 0 Å². The topological polar surface area (TPSA) is 26.8 Å². The molecule has 0 aromatic heterocycles. The monoisotopic (exact) mass is 365 g/mol. The van der Waals surface area contributed by atoms with Crippen molar-refractivity contribution in [1.82, 2.24) is 14.7 Å². The minimum Gasteiger partial charge on any atom is -0.337 e. The summed E-state index contributed by atoms with van der Waals surface area (Å²) in [6, 6.07) is 8.59. The predicted octanol–water partition coefficient (Wildman–Crippen LogP) is 3.49. The molecule has 0 saturated carbocycles. The highest BCUT2D eigenvalue weighted by Crippen LogP contribution is 2.14. The van der Waals surface area contributed by atoms with Crippen LogP contribution in [0.3, 0.4) is 0 Å². The fraction of sp³-hybridized carbons (Fsp3) is 0.650. The first-order valence-corrected chi connectivity index (χ1v) is 9.75. The average molecular weight is 366 g/mol. The zero-order chi connectivity index (χ0) is 18.4. The Morgan fingerprint density at radius 1 is 1.00 bits per heavy atom. The highest BCUT2D eigenvalue weighted by atomic mass is 35.5. The Balaban J connectivity index is 1.86. The van der Waals surface area contributed by atoms with Gasteiger partial charge in [-0.2, -0.15) is 0 Å². The first-order chi connectivity index (χ1) is 11.9. The van der Waals surface area contributed by atoms with Gasteiger partial charge in [-0.15, -0.1) is 0 Å². The molecule has 1 saturated heterocycles. The summed E-state index contributed by atoms with van der Waals surface area (Å²) in [4.78, 5) is 19.4. The lowest BCUT2D eigenvalue weighted by Gasteiger charge is -2.33. The second-order valence-electron chi connectivity index (χ2n) is 7.52. The Bertz CT molecular complexity index is 536. The molecule has 25 heavy (non-hydrogen) atoms. The molecule has 1 aromatic carbocycles. The summed E-state index contributed by atoms with van der Waals surface area (Å²) in [5.74, 6) is 0.246. The van der Waals surface area contributed by atoms with Crippen LogP contribution in [0, 0.1) is 0 Å². The van der Waals surface area contributed by atoms with E-state index in [-0.39, 0.29) is 18.0 Å². The number of rotatable bonds is 6. The number of carbonyl (C=O) groups excluding carboxylic acids is 1. The summed E-state index contributed by atoms with van der Waals surface area (Å²) in [5, 5.41) is 0.782. The first kappa shape index (κ1) is 20.2.